The highest BCUT2D eigenvalue weighted by atomic mass is 79.9. The summed E-state index contributed by atoms with van der Waals surface area (Å²) in [6, 6.07) is 4.95. The average Bonchev–Trinajstić information content (AvgIpc) is 2.54. The number of hydrogen-bond donors (Lipinski definition) is 0. The van der Waals surface area contributed by atoms with E-state index in [-0.39, 0.29) is 34.2 Å². The fourth-order valence-electron chi connectivity index (χ4n) is 2.99. The van der Waals surface area contributed by atoms with Crippen LogP contribution in [-0.4, -0.2) is 24.1 Å². The van der Waals surface area contributed by atoms with Gasteiger partial charge in [0.2, 0.25) is 0 Å². The molecule has 2 atom stereocenters. The van der Waals surface area contributed by atoms with E-state index in [0.29, 0.717) is 17.3 Å². The molecule has 0 saturated carbocycles. The molecule has 1 aromatic carbocycles. The van der Waals surface area contributed by atoms with E-state index in [1.807, 2.05) is 55.4 Å². The molecule has 0 bridgehead atoms. The molecule has 0 heterocycles. The normalized spacial score (nSPS) is 14.4. The average molecular weight is 441 g/mol. The van der Waals surface area contributed by atoms with Crippen molar-refractivity contribution in [1.82, 2.24) is 0 Å². The minimum absolute atomic E-state index is 0.181. The standard InChI is InChI=1S/C22H33BrO4/c1-9-17(21(3,4)5)26-19(24)15-12-11-14(23)13-16(15)20(25)27-18(10-2)22(6,7)8/h11-13,17-18H,9-10H2,1-8H3. The number of carbonyl (C=O) groups excluding carboxylic acids is 2. The Bertz CT molecular complexity index is 668. The number of esters is 2. The molecule has 152 valence electrons. The molecule has 0 N–H and O–H groups in total. The summed E-state index contributed by atoms with van der Waals surface area (Å²) in [4.78, 5) is 25.6. The Kier molecular flexibility index (Phi) is 8.09. The van der Waals surface area contributed by atoms with Crippen LogP contribution in [-0.2, 0) is 9.47 Å². The van der Waals surface area contributed by atoms with E-state index in [1.165, 1.54) is 0 Å². The Morgan fingerprint density at radius 1 is 0.852 bits per heavy atom. The van der Waals surface area contributed by atoms with Gasteiger partial charge in [0.05, 0.1) is 11.1 Å². The van der Waals surface area contributed by atoms with Gasteiger partial charge in [0.1, 0.15) is 12.2 Å². The van der Waals surface area contributed by atoms with Gasteiger partial charge in [-0.1, -0.05) is 71.3 Å². The lowest BCUT2D eigenvalue weighted by atomic mass is 9.87. The summed E-state index contributed by atoms with van der Waals surface area (Å²) in [5.74, 6) is -1.01. The van der Waals surface area contributed by atoms with E-state index in [4.69, 9.17) is 9.47 Å². The summed E-state index contributed by atoms with van der Waals surface area (Å²) in [6.07, 6.45) is 0.916. The van der Waals surface area contributed by atoms with Crippen molar-refractivity contribution in [2.75, 3.05) is 0 Å². The van der Waals surface area contributed by atoms with Gasteiger partial charge in [0.25, 0.3) is 0 Å². The van der Waals surface area contributed by atoms with Crippen LogP contribution < -0.4 is 0 Å². The maximum atomic E-state index is 12.8. The smallest absolute Gasteiger partial charge is 0.339 e. The molecule has 2 unspecified atom stereocenters. The highest BCUT2D eigenvalue weighted by Crippen LogP contribution is 2.29. The summed E-state index contributed by atoms with van der Waals surface area (Å²) >= 11 is 3.37. The van der Waals surface area contributed by atoms with Crippen molar-refractivity contribution in [2.45, 2.75) is 80.4 Å². The van der Waals surface area contributed by atoms with Crippen LogP contribution in [0.1, 0.15) is 88.9 Å². The molecule has 0 aliphatic heterocycles. The number of halogens is 1. The highest BCUT2D eigenvalue weighted by molar-refractivity contribution is 9.10. The molecule has 0 radical (unpaired) electrons. The summed E-state index contributed by atoms with van der Waals surface area (Å²) in [5, 5.41) is 0. The number of hydrogen-bond acceptors (Lipinski definition) is 4. The second-order valence-electron chi connectivity index (χ2n) is 9.03. The first-order valence-corrected chi connectivity index (χ1v) is 10.3. The lowest BCUT2D eigenvalue weighted by molar-refractivity contribution is -0.00793. The summed E-state index contributed by atoms with van der Waals surface area (Å²) in [7, 11) is 0. The zero-order valence-corrected chi connectivity index (χ0v) is 19.4. The predicted molar refractivity (Wildman–Crippen MR) is 112 cm³/mol. The molecule has 0 spiro atoms. The molecule has 4 nitrogen and oxygen atoms in total. The zero-order chi connectivity index (χ0) is 21.0. The van der Waals surface area contributed by atoms with Crippen molar-refractivity contribution in [2.24, 2.45) is 10.8 Å². The maximum Gasteiger partial charge on any atom is 0.339 e. The molecule has 27 heavy (non-hydrogen) atoms. The second kappa shape index (κ2) is 9.22. The fourth-order valence-corrected chi connectivity index (χ4v) is 3.35. The van der Waals surface area contributed by atoms with Crippen LogP contribution in [0.3, 0.4) is 0 Å². The minimum Gasteiger partial charge on any atom is -0.458 e. The molecule has 0 aliphatic carbocycles. The Labute approximate surface area is 172 Å². The number of ether oxygens (including phenoxy) is 2. The van der Waals surface area contributed by atoms with Crippen molar-refractivity contribution < 1.29 is 19.1 Å². The van der Waals surface area contributed by atoms with Crippen LogP contribution in [0.2, 0.25) is 0 Å². The maximum absolute atomic E-state index is 12.8. The predicted octanol–water partition coefficient (Wildman–Crippen LogP) is 6.41. The van der Waals surface area contributed by atoms with E-state index >= 15 is 0 Å². The largest absolute Gasteiger partial charge is 0.458 e. The Morgan fingerprint density at radius 3 is 1.63 bits per heavy atom. The van der Waals surface area contributed by atoms with Crippen LogP contribution in [0, 0.1) is 10.8 Å². The van der Waals surface area contributed by atoms with E-state index in [9.17, 15) is 9.59 Å². The molecule has 1 rings (SSSR count). The molecule has 0 amide bonds. The van der Waals surface area contributed by atoms with Gasteiger partial charge in [-0.15, -0.1) is 0 Å². The van der Waals surface area contributed by atoms with Crippen LogP contribution in [0.25, 0.3) is 0 Å². The molecule has 1 aromatic rings. The lowest BCUT2D eigenvalue weighted by Gasteiger charge is -2.30. The van der Waals surface area contributed by atoms with Crippen molar-refractivity contribution in [3.8, 4) is 0 Å². The van der Waals surface area contributed by atoms with Crippen LogP contribution in [0.15, 0.2) is 22.7 Å². The number of carbonyl (C=O) groups is 2. The molecular formula is C22H33BrO4. The van der Waals surface area contributed by atoms with Gasteiger partial charge in [-0.2, -0.15) is 0 Å². The number of rotatable bonds is 6. The van der Waals surface area contributed by atoms with Crippen molar-refractivity contribution >= 4 is 27.9 Å². The van der Waals surface area contributed by atoms with E-state index in [1.54, 1.807) is 18.2 Å². The SMILES string of the molecule is CCC(OC(=O)c1ccc(Br)cc1C(=O)OC(CC)C(C)(C)C)C(C)(C)C. The van der Waals surface area contributed by atoms with Crippen LogP contribution in [0.5, 0.6) is 0 Å². The van der Waals surface area contributed by atoms with Crippen molar-refractivity contribution in [3.05, 3.63) is 33.8 Å². The summed E-state index contributed by atoms with van der Waals surface area (Å²) in [6.45, 7) is 16.1. The third-order valence-corrected chi connectivity index (χ3v) is 5.09. The van der Waals surface area contributed by atoms with Crippen LogP contribution in [0.4, 0.5) is 0 Å². The molecule has 0 aromatic heterocycles. The van der Waals surface area contributed by atoms with E-state index in [2.05, 4.69) is 15.9 Å². The van der Waals surface area contributed by atoms with Gasteiger partial charge in [0.15, 0.2) is 0 Å². The quantitative estimate of drug-likeness (QED) is 0.479. The Balaban J connectivity index is 3.17. The fraction of sp³-hybridized carbons (Fsp3) is 0.636. The Morgan fingerprint density at radius 2 is 1.26 bits per heavy atom. The van der Waals surface area contributed by atoms with Gasteiger partial charge in [-0.3, -0.25) is 0 Å². The van der Waals surface area contributed by atoms with Gasteiger partial charge >= 0.3 is 11.9 Å². The monoisotopic (exact) mass is 440 g/mol. The zero-order valence-electron chi connectivity index (χ0n) is 17.8. The van der Waals surface area contributed by atoms with Crippen molar-refractivity contribution in [3.63, 3.8) is 0 Å². The van der Waals surface area contributed by atoms with Gasteiger partial charge in [-0.25, -0.2) is 9.59 Å². The van der Waals surface area contributed by atoms with E-state index in [0.717, 1.165) is 0 Å². The molecule has 0 aliphatic rings. The van der Waals surface area contributed by atoms with Gasteiger partial charge in [0, 0.05) is 4.47 Å². The topological polar surface area (TPSA) is 52.6 Å². The third kappa shape index (κ3) is 6.63. The summed E-state index contributed by atoms with van der Waals surface area (Å²) < 4.78 is 12.2. The molecule has 0 fully saturated rings. The lowest BCUT2D eigenvalue weighted by Crippen LogP contribution is -2.33. The minimum atomic E-state index is -0.506. The molecule has 0 saturated heterocycles. The van der Waals surface area contributed by atoms with Crippen molar-refractivity contribution in [1.29, 1.82) is 0 Å². The first kappa shape index (κ1) is 23.7. The highest BCUT2D eigenvalue weighted by Gasteiger charge is 2.31. The molecule has 5 heteroatoms. The van der Waals surface area contributed by atoms with Crippen LogP contribution >= 0.6 is 15.9 Å². The van der Waals surface area contributed by atoms with Gasteiger partial charge in [-0.05, 0) is 41.9 Å². The number of benzene rings is 1. The first-order valence-electron chi connectivity index (χ1n) is 9.52. The van der Waals surface area contributed by atoms with E-state index < -0.39 is 11.9 Å². The first-order chi connectivity index (χ1) is 12.3. The summed E-state index contributed by atoms with van der Waals surface area (Å²) in [5.41, 5.74) is 0.0897. The third-order valence-electron chi connectivity index (χ3n) is 4.59. The molecular weight excluding hydrogens is 408 g/mol. The van der Waals surface area contributed by atoms with Gasteiger partial charge < -0.3 is 9.47 Å². The second-order valence-corrected chi connectivity index (χ2v) is 9.94. The Hall–Kier alpha value is -1.36.